The first-order chi connectivity index (χ1) is 13.4. The van der Waals surface area contributed by atoms with Crippen LogP contribution in [0, 0.1) is 16.0 Å². The number of phenolic OH excluding ortho intramolecular Hbond substituents is 1. The number of phenols is 1. The van der Waals surface area contributed by atoms with Crippen molar-refractivity contribution in [1.29, 1.82) is 0 Å². The lowest BCUT2D eigenvalue weighted by Crippen LogP contribution is -2.29. The number of nitrogens with zero attached hydrogens (tertiary/aromatic N) is 2. The molecule has 2 atom stereocenters. The number of hydrogen-bond acceptors (Lipinski definition) is 6. The number of hydrazine groups is 1. The highest BCUT2D eigenvalue weighted by Gasteiger charge is 2.52. The number of carbonyl (C=O) groups is 2. The lowest BCUT2D eigenvalue weighted by molar-refractivity contribution is -0.597. The third kappa shape index (κ3) is 3.68. The molecule has 1 fully saturated rings. The van der Waals surface area contributed by atoms with Gasteiger partial charge >= 0.3 is 5.97 Å². The molecule has 3 rings (SSSR count). The number of carbonyl (C=O) groups excluding carboxylic acids is 2. The lowest BCUT2D eigenvalue weighted by atomic mass is 9.94. The molecule has 2 unspecified atom stereocenters. The Morgan fingerprint density at radius 2 is 1.96 bits per heavy atom. The van der Waals surface area contributed by atoms with E-state index in [0.717, 1.165) is 0 Å². The zero-order valence-corrected chi connectivity index (χ0v) is 14.9. The smallest absolute Gasteiger partial charge is 0.326 e. The molecule has 144 valence electrons. The molecule has 2 aromatic rings. The van der Waals surface area contributed by atoms with Crippen molar-refractivity contribution in [2.45, 2.75) is 13.0 Å². The van der Waals surface area contributed by atoms with Crippen LogP contribution >= 0.6 is 0 Å². The van der Waals surface area contributed by atoms with Crippen LogP contribution in [0.3, 0.4) is 0 Å². The molecule has 0 bridgehead atoms. The van der Waals surface area contributed by atoms with Gasteiger partial charge in [0.2, 0.25) is 18.2 Å². The van der Waals surface area contributed by atoms with E-state index in [1.165, 1.54) is 41.2 Å². The number of nitro groups is 1. The lowest BCUT2D eigenvalue weighted by Gasteiger charge is -2.12. The summed E-state index contributed by atoms with van der Waals surface area (Å²) in [6.45, 7) is 1.75. The van der Waals surface area contributed by atoms with E-state index in [9.17, 15) is 24.8 Å². The van der Waals surface area contributed by atoms with E-state index in [1.54, 1.807) is 25.1 Å². The van der Waals surface area contributed by atoms with E-state index in [2.05, 4.69) is 5.43 Å². The van der Waals surface area contributed by atoms with Crippen LogP contribution in [-0.4, -0.2) is 39.4 Å². The van der Waals surface area contributed by atoms with Crippen LogP contribution in [0.15, 0.2) is 48.5 Å². The summed E-state index contributed by atoms with van der Waals surface area (Å²) in [5.41, 5.74) is 3.43. The molecular weight excluding hydrogens is 366 g/mol. The van der Waals surface area contributed by atoms with Gasteiger partial charge in [-0.05, 0) is 31.2 Å². The molecule has 0 saturated carbocycles. The largest absolute Gasteiger partial charge is 0.507 e. The highest BCUT2D eigenvalue weighted by Crippen LogP contribution is 2.32. The number of nitro benzene ring substituents is 1. The summed E-state index contributed by atoms with van der Waals surface area (Å²) in [5.74, 6) is -2.42. The van der Waals surface area contributed by atoms with Crippen molar-refractivity contribution in [3.8, 4) is 5.75 Å². The number of non-ortho nitro benzene ring substituents is 1. The molecule has 1 amide bonds. The number of hydrazone groups is 1. The monoisotopic (exact) mass is 384 g/mol. The van der Waals surface area contributed by atoms with E-state index in [4.69, 9.17) is 4.74 Å². The van der Waals surface area contributed by atoms with Crippen LogP contribution in [0.4, 0.5) is 5.69 Å². The van der Waals surface area contributed by atoms with Crippen LogP contribution in [-0.2, 0) is 14.3 Å². The van der Waals surface area contributed by atoms with Crippen molar-refractivity contribution in [3.05, 3.63) is 69.8 Å². The van der Waals surface area contributed by atoms with Gasteiger partial charge in [-0.15, -0.1) is 10.1 Å². The first-order valence-electron chi connectivity index (χ1n) is 8.55. The Morgan fingerprint density at radius 1 is 1.29 bits per heavy atom. The highest BCUT2D eigenvalue weighted by molar-refractivity contribution is 5.99. The Bertz CT molecular complexity index is 954. The molecule has 1 aliphatic heterocycles. The van der Waals surface area contributed by atoms with E-state index in [1.807, 2.05) is 0 Å². The van der Waals surface area contributed by atoms with Gasteiger partial charge in [0.05, 0.1) is 17.1 Å². The van der Waals surface area contributed by atoms with E-state index < -0.39 is 28.8 Å². The number of benzene rings is 2. The minimum atomic E-state index is -1.16. The van der Waals surface area contributed by atoms with Crippen molar-refractivity contribution < 1.29 is 29.0 Å². The third-order valence-corrected chi connectivity index (χ3v) is 4.34. The predicted octanol–water partition coefficient (Wildman–Crippen LogP) is 1.70. The summed E-state index contributed by atoms with van der Waals surface area (Å²) in [6, 6.07) is 11.3. The van der Waals surface area contributed by atoms with Gasteiger partial charge in [0.1, 0.15) is 5.75 Å². The maximum Gasteiger partial charge on any atom is 0.326 e. The van der Waals surface area contributed by atoms with Crippen LogP contribution in [0.1, 0.15) is 24.1 Å². The molecule has 2 N–H and O–H groups in total. The maximum atomic E-state index is 12.5. The Balaban J connectivity index is 2.08. The minimum Gasteiger partial charge on any atom is -0.507 e. The molecule has 9 nitrogen and oxygen atoms in total. The van der Waals surface area contributed by atoms with Crippen LogP contribution in [0.25, 0.3) is 0 Å². The number of rotatable bonds is 5. The van der Waals surface area contributed by atoms with Crippen molar-refractivity contribution in [2.24, 2.45) is 5.92 Å². The maximum absolute atomic E-state index is 12.5. The van der Waals surface area contributed by atoms with E-state index >= 15 is 0 Å². The first kappa shape index (κ1) is 19.0. The van der Waals surface area contributed by atoms with Crippen molar-refractivity contribution in [2.75, 3.05) is 6.61 Å². The number of nitrogens with one attached hydrogen (secondary N) is 1. The number of hydrogen-bond donors (Lipinski definition) is 2. The van der Waals surface area contributed by atoms with Crippen LogP contribution in [0.5, 0.6) is 5.75 Å². The second kappa shape index (κ2) is 7.87. The van der Waals surface area contributed by atoms with Gasteiger partial charge in [-0.25, -0.2) is 0 Å². The molecule has 0 spiro atoms. The topological polar surface area (TPSA) is 122 Å². The second-order valence-corrected chi connectivity index (χ2v) is 6.09. The zero-order valence-electron chi connectivity index (χ0n) is 14.9. The van der Waals surface area contributed by atoms with Gasteiger partial charge in [-0.3, -0.25) is 19.7 Å². The molecule has 2 aromatic carbocycles. The molecule has 0 aliphatic carbocycles. The molecule has 1 aliphatic rings. The van der Waals surface area contributed by atoms with Crippen molar-refractivity contribution in [3.63, 3.8) is 0 Å². The van der Waals surface area contributed by atoms with E-state index in [-0.39, 0.29) is 18.0 Å². The highest BCUT2D eigenvalue weighted by atomic mass is 16.6. The second-order valence-electron chi connectivity index (χ2n) is 6.09. The Hall–Kier alpha value is -3.75. The van der Waals surface area contributed by atoms with Gasteiger partial charge in [-0.1, -0.05) is 12.1 Å². The normalized spacial score (nSPS) is 20.0. The van der Waals surface area contributed by atoms with Gasteiger partial charge < -0.3 is 9.84 Å². The van der Waals surface area contributed by atoms with Crippen molar-refractivity contribution >= 4 is 23.8 Å². The molecular formula is C19H18N3O6+. The summed E-state index contributed by atoms with van der Waals surface area (Å²) in [5, 5.41) is 20.9. The molecule has 0 aromatic heterocycles. The fourth-order valence-electron chi connectivity index (χ4n) is 3.04. The van der Waals surface area contributed by atoms with Crippen molar-refractivity contribution in [1.82, 2.24) is 5.43 Å². The quantitative estimate of drug-likeness (QED) is 0.266. The predicted molar refractivity (Wildman–Crippen MR) is 97.6 cm³/mol. The molecule has 1 heterocycles. The molecule has 28 heavy (non-hydrogen) atoms. The van der Waals surface area contributed by atoms with E-state index in [0.29, 0.717) is 11.1 Å². The molecule has 1 saturated heterocycles. The van der Waals surface area contributed by atoms with Gasteiger partial charge in [0.25, 0.3) is 11.6 Å². The Morgan fingerprint density at radius 3 is 2.57 bits per heavy atom. The summed E-state index contributed by atoms with van der Waals surface area (Å²) in [6.07, 6.45) is 1.50. The fraction of sp³-hybridized carbons (Fsp3) is 0.211. The average molecular weight is 384 g/mol. The summed E-state index contributed by atoms with van der Waals surface area (Å²) in [4.78, 5) is 35.3. The van der Waals surface area contributed by atoms with Gasteiger partial charge in [0.15, 0.2) is 0 Å². The summed E-state index contributed by atoms with van der Waals surface area (Å²) in [7, 11) is 0. The number of esters is 1. The zero-order chi connectivity index (χ0) is 20.3. The summed E-state index contributed by atoms with van der Waals surface area (Å²) < 4.78 is 6.44. The molecule has 0 radical (unpaired) electrons. The average Bonchev–Trinajstić information content (AvgIpc) is 2.99. The Kier molecular flexibility index (Phi) is 5.35. The van der Waals surface area contributed by atoms with Crippen LogP contribution in [0.2, 0.25) is 0 Å². The summed E-state index contributed by atoms with van der Waals surface area (Å²) >= 11 is 0. The van der Waals surface area contributed by atoms with Crippen LogP contribution < -0.4 is 5.43 Å². The minimum absolute atomic E-state index is 0.00113. The van der Waals surface area contributed by atoms with Gasteiger partial charge in [0, 0.05) is 17.7 Å². The number of para-hydroxylation sites is 1. The fourth-order valence-corrected chi connectivity index (χ4v) is 3.04. The first-order valence-corrected chi connectivity index (χ1v) is 8.55. The third-order valence-electron chi connectivity index (χ3n) is 4.34. The SMILES string of the molecule is CCOC(=O)C1C(=O)N/[N+](=C\c2ccccc2O)C1c1ccc([N+](=O)[O-])cc1. The van der Waals surface area contributed by atoms with Gasteiger partial charge in [-0.2, -0.15) is 0 Å². The molecule has 9 heteroatoms. The Labute approximate surface area is 160 Å². The number of amides is 1. The number of aromatic hydroxyl groups is 1. The standard InChI is InChI=1S/C19H17N3O6/c1-2-28-19(25)16-17(12-7-9-14(10-8-12)22(26)27)21(20-18(16)24)11-13-5-3-4-6-15(13)23/h3-11,16-17H,2H2,1H3,(H,20,24)/p+1. The number of ether oxygens (including phenoxy) is 1.